The highest BCUT2D eigenvalue weighted by Crippen LogP contribution is 1.90. The Morgan fingerprint density at radius 3 is 2.20 bits per heavy atom. The molecule has 2 atom stereocenters. The average Bonchev–Trinajstić information content (AvgIpc) is 1.99. The first-order chi connectivity index (χ1) is 4.74. The van der Waals surface area contributed by atoms with Crippen LogP contribution in [0.5, 0.6) is 0 Å². The van der Waals surface area contributed by atoms with Crippen LogP contribution in [-0.4, -0.2) is 35.5 Å². The van der Waals surface area contributed by atoms with E-state index in [2.05, 4.69) is 5.32 Å². The number of hydrogen-bond donors (Lipinski definition) is 3. The SMILES string of the molecule is CCC(CO)NC(C)CO. The van der Waals surface area contributed by atoms with Crippen molar-refractivity contribution in [3.05, 3.63) is 0 Å². The van der Waals surface area contributed by atoms with Gasteiger partial charge in [-0.05, 0) is 13.3 Å². The van der Waals surface area contributed by atoms with Crippen molar-refractivity contribution in [3.8, 4) is 0 Å². The van der Waals surface area contributed by atoms with E-state index in [0.29, 0.717) is 0 Å². The van der Waals surface area contributed by atoms with Gasteiger partial charge in [0.2, 0.25) is 0 Å². The third-order valence-electron chi connectivity index (χ3n) is 1.51. The molecule has 0 fully saturated rings. The molecule has 0 spiro atoms. The predicted molar refractivity (Wildman–Crippen MR) is 40.8 cm³/mol. The first kappa shape index (κ1) is 9.88. The fourth-order valence-corrected chi connectivity index (χ4v) is 0.755. The van der Waals surface area contributed by atoms with E-state index in [0.717, 1.165) is 6.42 Å². The lowest BCUT2D eigenvalue weighted by Gasteiger charge is -2.18. The zero-order valence-electron chi connectivity index (χ0n) is 6.67. The van der Waals surface area contributed by atoms with Gasteiger partial charge in [0.05, 0.1) is 13.2 Å². The Morgan fingerprint density at radius 1 is 1.30 bits per heavy atom. The zero-order chi connectivity index (χ0) is 7.98. The summed E-state index contributed by atoms with van der Waals surface area (Å²) in [7, 11) is 0. The average molecular weight is 147 g/mol. The second-order valence-corrected chi connectivity index (χ2v) is 2.54. The van der Waals surface area contributed by atoms with Crippen LogP contribution in [0.25, 0.3) is 0 Å². The number of hydrogen-bond acceptors (Lipinski definition) is 3. The molecule has 0 bridgehead atoms. The maximum Gasteiger partial charge on any atom is 0.0584 e. The Morgan fingerprint density at radius 2 is 1.90 bits per heavy atom. The Bertz CT molecular complexity index is 74.0. The van der Waals surface area contributed by atoms with Gasteiger partial charge in [-0.1, -0.05) is 6.92 Å². The second kappa shape index (κ2) is 5.65. The van der Waals surface area contributed by atoms with Crippen LogP contribution in [0.1, 0.15) is 20.3 Å². The van der Waals surface area contributed by atoms with Gasteiger partial charge in [-0.2, -0.15) is 0 Å². The molecule has 0 radical (unpaired) electrons. The van der Waals surface area contributed by atoms with Crippen LogP contribution in [0.3, 0.4) is 0 Å². The molecule has 10 heavy (non-hydrogen) atoms. The van der Waals surface area contributed by atoms with Crippen molar-refractivity contribution in [3.63, 3.8) is 0 Å². The van der Waals surface area contributed by atoms with Crippen LogP contribution in [0.15, 0.2) is 0 Å². The van der Waals surface area contributed by atoms with Gasteiger partial charge in [0.1, 0.15) is 0 Å². The largest absolute Gasteiger partial charge is 0.395 e. The molecule has 0 aromatic carbocycles. The van der Waals surface area contributed by atoms with E-state index >= 15 is 0 Å². The zero-order valence-corrected chi connectivity index (χ0v) is 6.67. The summed E-state index contributed by atoms with van der Waals surface area (Å²) in [6, 6.07) is 0.208. The molecule has 3 nitrogen and oxygen atoms in total. The molecule has 0 aliphatic rings. The number of aliphatic hydroxyl groups is 2. The van der Waals surface area contributed by atoms with Gasteiger partial charge in [-0.25, -0.2) is 0 Å². The van der Waals surface area contributed by atoms with E-state index in [1.807, 2.05) is 13.8 Å². The van der Waals surface area contributed by atoms with E-state index in [1.165, 1.54) is 0 Å². The van der Waals surface area contributed by atoms with Crippen molar-refractivity contribution < 1.29 is 10.2 Å². The fourth-order valence-electron chi connectivity index (χ4n) is 0.755. The van der Waals surface area contributed by atoms with Crippen molar-refractivity contribution in [2.24, 2.45) is 0 Å². The molecule has 62 valence electrons. The molecule has 0 rings (SSSR count). The number of rotatable bonds is 5. The van der Waals surface area contributed by atoms with Crippen molar-refractivity contribution >= 4 is 0 Å². The Kier molecular flexibility index (Phi) is 5.58. The Labute approximate surface area is 62.1 Å². The summed E-state index contributed by atoms with van der Waals surface area (Å²) in [6.07, 6.45) is 0.890. The minimum Gasteiger partial charge on any atom is -0.395 e. The van der Waals surface area contributed by atoms with E-state index in [-0.39, 0.29) is 25.3 Å². The predicted octanol–water partition coefficient (Wildman–Crippen LogP) is -0.272. The van der Waals surface area contributed by atoms with E-state index in [9.17, 15) is 0 Å². The molecule has 0 aliphatic heterocycles. The lowest BCUT2D eigenvalue weighted by atomic mass is 10.2. The van der Waals surface area contributed by atoms with Gasteiger partial charge in [-0.15, -0.1) is 0 Å². The summed E-state index contributed by atoms with van der Waals surface area (Å²) in [5.41, 5.74) is 0. The molecule has 0 aliphatic carbocycles. The molecule has 3 N–H and O–H groups in total. The van der Waals surface area contributed by atoms with Gasteiger partial charge < -0.3 is 15.5 Å². The Balaban J connectivity index is 3.41. The van der Waals surface area contributed by atoms with Crippen LogP contribution in [-0.2, 0) is 0 Å². The van der Waals surface area contributed by atoms with E-state index in [4.69, 9.17) is 10.2 Å². The Hall–Kier alpha value is -0.120. The second-order valence-electron chi connectivity index (χ2n) is 2.54. The summed E-state index contributed by atoms with van der Waals surface area (Å²) in [4.78, 5) is 0. The number of nitrogens with one attached hydrogen (secondary N) is 1. The fraction of sp³-hybridized carbons (Fsp3) is 1.00. The van der Waals surface area contributed by atoms with Gasteiger partial charge in [0, 0.05) is 12.1 Å². The quantitative estimate of drug-likeness (QED) is 0.501. The van der Waals surface area contributed by atoms with Crippen molar-refractivity contribution in [1.29, 1.82) is 0 Å². The molecule has 0 heterocycles. The maximum atomic E-state index is 8.73. The lowest BCUT2D eigenvalue weighted by Crippen LogP contribution is -2.40. The topological polar surface area (TPSA) is 52.5 Å². The highest BCUT2D eigenvalue weighted by molar-refractivity contribution is 4.67. The van der Waals surface area contributed by atoms with Gasteiger partial charge >= 0.3 is 0 Å². The highest BCUT2D eigenvalue weighted by atomic mass is 16.3. The summed E-state index contributed by atoms with van der Waals surface area (Å²) < 4.78 is 0. The molecular weight excluding hydrogens is 130 g/mol. The summed E-state index contributed by atoms with van der Waals surface area (Å²) in [5.74, 6) is 0. The highest BCUT2D eigenvalue weighted by Gasteiger charge is 2.06. The normalized spacial score (nSPS) is 16.8. The van der Waals surface area contributed by atoms with Crippen LogP contribution in [0, 0.1) is 0 Å². The number of aliphatic hydroxyl groups excluding tert-OH is 2. The minimum atomic E-state index is 0.0806. The summed E-state index contributed by atoms with van der Waals surface area (Å²) >= 11 is 0. The van der Waals surface area contributed by atoms with Crippen LogP contribution < -0.4 is 5.32 Å². The standard InChI is InChI=1S/C7H17NO2/c1-3-7(5-10)8-6(2)4-9/h6-10H,3-5H2,1-2H3. The van der Waals surface area contributed by atoms with Crippen molar-refractivity contribution in [2.75, 3.05) is 13.2 Å². The lowest BCUT2D eigenvalue weighted by molar-refractivity contribution is 0.197. The summed E-state index contributed by atoms with van der Waals surface area (Å²) in [6.45, 7) is 4.15. The molecule has 0 aromatic rings. The van der Waals surface area contributed by atoms with Crippen LogP contribution in [0.4, 0.5) is 0 Å². The first-order valence-corrected chi connectivity index (χ1v) is 3.72. The minimum absolute atomic E-state index is 0.0806. The molecule has 0 saturated heterocycles. The van der Waals surface area contributed by atoms with Gasteiger partial charge in [0.25, 0.3) is 0 Å². The van der Waals surface area contributed by atoms with E-state index in [1.54, 1.807) is 0 Å². The van der Waals surface area contributed by atoms with E-state index < -0.39 is 0 Å². The summed E-state index contributed by atoms with van der Waals surface area (Å²) in [5, 5.41) is 20.4. The molecule has 0 aromatic heterocycles. The van der Waals surface area contributed by atoms with Crippen LogP contribution in [0.2, 0.25) is 0 Å². The maximum absolute atomic E-state index is 8.73. The van der Waals surface area contributed by atoms with Crippen molar-refractivity contribution in [1.82, 2.24) is 5.32 Å². The van der Waals surface area contributed by atoms with Crippen LogP contribution >= 0.6 is 0 Å². The monoisotopic (exact) mass is 147 g/mol. The third kappa shape index (κ3) is 3.82. The molecule has 0 amide bonds. The first-order valence-electron chi connectivity index (χ1n) is 3.72. The third-order valence-corrected chi connectivity index (χ3v) is 1.51. The smallest absolute Gasteiger partial charge is 0.0584 e. The van der Waals surface area contributed by atoms with Gasteiger partial charge in [-0.3, -0.25) is 0 Å². The molecular formula is C7H17NO2. The molecule has 2 unspecified atom stereocenters. The molecule has 3 heteroatoms. The van der Waals surface area contributed by atoms with Crippen molar-refractivity contribution in [2.45, 2.75) is 32.4 Å². The van der Waals surface area contributed by atoms with Gasteiger partial charge in [0.15, 0.2) is 0 Å². The molecule has 0 saturated carbocycles.